The highest BCUT2D eigenvalue weighted by molar-refractivity contribution is 6.18. The van der Waals surface area contributed by atoms with Gasteiger partial charge in [0, 0.05) is 16.9 Å². The van der Waals surface area contributed by atoms with Crippen LogP contribution in [0.5, 0.6) is 5.88 Å². The molecule has 8 heteroatoms. The highest BCUT2D eigenvalue weighted by Gasteiger charge is 2.62. The predicted octanol–water partition coefficient (Wildman–Crippen LogP) is 0.720. The Balaban J connectivity index is 2.16. The molecule has 1 spiro atoms. The number of aromatic amines is 1. The molecule has 1 atom stereocenters. The van der Waals surface area contributed by atoms with Gasteiger partial charge in [-0.2, -0.15) is 0 Å². The average molecular weight is 364 g/mol. The smallest absolute Gasteiger partial charge is 0.340 e. The van der Waals surface area contributed by atoms with Crippen LogP contribution in [0.1, 0.15) is 16.8 Å². The summed E-state index contributed by atoms with van der Waals surface area (Å²) in [5, 5.41) is 6.91. The molecule has 2 aromatic rings. The van der Waals surface area contributed by atoms with Crippen molar-refractivity contribution in [3.63, 3.8) is 0 Å². The molecule has 1 aromatic heterocycles. The summed E-state index contributed by atoms with van der Waals surface area (Å²) in [6.07, 6.45) is 5.48. The van der Waals surface area contributed by atoms with Crippen molar-refractivity contribution in [2.45, 2.75) is 12.3 Å². The molecule has 8 nitrogen and oxygen atoms in total. The number of carbonyl (C=O) groups is 2. The van der Waals surface area contributed by atoms with Crippen molar-refractivity contribution in [2.24, 2.45) is 5.73 Å². The van der Waals surface area contributed by atoms with Crippen molar-refractivity contribution in [3.05, 3.63) is 52.5 Å². The van der Waals surface area contributed by atoms with Crippen LogP contribution in [0.3, 0.4) is 0 Å². The summed E-state index contributed by atoms with van der Waals surface area (Å²) in [6.45, 7) is 1.78. The summed E-state index contributed by atoms with van der Waals surface area (Å²) in [5.41, 5.74) is 6.60. The van der Waals surface area contributed by atoms with Crippen LogP contribution in [-0.2, 0) is 19.7 Å². The van der Waals surface area contributed by atoms with E-state index >= 15 is 0 Å². The first-order valence-corrected chi connectivity index (χ1v) is 8.15. The lowest BCUT2D eigenvalue weighted by molar-refractivity contribution is -0.138. The number of carbonyl (C=O) groups excluding carboxylic acids is 2. The van der Waals surface area contributed by atoms with E-state index in [9.17, 15) is 9.59 Å². The van der Waals surface area contributed by atoms with Crippen LogP contribution in [0.25, 0.3) is 0 Å². The topological polar surface area (TPSA) is 111 Å². The average Bonchev–Trinajstić information content (AvgIpc) is 3.14. The zero-order valence-electron chi connectivity index (χ0n) is 14.7. The molecule has 4 rings (SSSR count). The van der Waals surface area contributed by atoms with Gasteiger partial charge < -0.3 is 15.2 Å². The van der Waals surface area contributed by atoms with E-state index in [0.717, 1.165) is 0 Å². The Morgan fingerprint density at radius 3 is 2.93 bits per heavy atom. The predicted molar refractivity (Wildman–Crippen MR) is 95.6 cm³/mol. The monoisotopic (exact) mass is 364 g/mol. The number of amides is 1. The lowest BCUT2D eigenvalue weighted by Gasteiger charge is -2.34. The summed E-state index contributed by atoms with van der Waals surface area (Å²) in [7, 11) is 1.22. The van der Waals surface area contributed by atoms with Crippen molar-refractivity contribution in [1.82, 2.24) is 10.2 Å². The number of nitrogens with zero attached hydrogens (tertiary/aromatic N) is 2. The number of terminal acetylenes is 1. The van der Waals surface area contributed by atoms with Crippen LogP contribution in [-0.4, -0.2) is 35.7 Å². The van der Waals surface area contributed by atoms with E-state index in [-0.39, 0.29) is 23.9 Å². The molecule has 2 aliphatic heterocycles. The number of benzene rings is 1. The maximum Gasteiger partial charge on any atom is 0.340 e. The number of hydrogen-bond acceptors (Lipinski definition) is 6. The Bertz CT molecular complexity index is 1060. The Kier molecular flexibility index (Phi) is 3.49. The number of nitrogens with two attached hydrogens (primary N) is 1. The van der Waals surface area contributed by atoms with Crippen LogP contribution >= 0.6 is 0 Å². The molecule has 2 aliphatic rings. The van der Waals surface area contributed by atoms with Crippen LogP contribution in [0.15, 0.2) is 35.7 Å². The fraction of sp³-hybridized carbons (Fsp3) is 0.211. The van der Waals surface area contributed by atoms with Gasteiger partial charge in [0.2, 0.25) is 17.7 Å². The molecule has 3 N–H and O–H groups in total. The lowest BCUT2D eigenvalue weighted by atomic mass is 9.68. The molecule has 0 bridgehead atoms. The Morgan fingerprint density at radius 2 is 2.22 bits per heavy atom. The summed E-state index contributed by atoms with van der Waals surface area (Å²) < 4.78 is 10.5. The number of aromatic nitrogens is 2. The maximum atomic E-state index is 13.8. The molecule has 1 unspecified atom stereocenters. The minimum absolute atomic E-state index is 0.0407. The minimum Gasteiger partial charge on any atom is -0.465 e. The third kappa shape index (κ3) is 1.91. The van der Waals surface area contributed by atoms with Gasteiger partial charge in [0.05, 0.1) is 19.2 Å². The number of ether oxygens (including phenoxy) is 2. The van der Waals surface area contributed by atoms with Gasteiger partial charge in [-0.25, -0.2) is 4.79 Å². The normalized spacial score (nSPS) is 20.2. The van der Waals surface area contributed by atoms with E-state index < -0.39 is 17.3 Å². The van der Waals surface area contributed by atoms with Gasteiger partial charge in [-0.05, 0) is 13.0 Å². The zero-order valence-corrected chi connectivity index (χ0v) is 14.7. The van der Waals surface area contributed by atoms with Crippen LogP contribution in [0.4, 0.5) is 5.69 Å². The summed E-state index contributed by atoms with van der Waals surface area (Å²) in [6, 6.07) is 7.11. The zero-order chi connectivity index (χ0) is 19.3. The summed E-state index contributed by atoms with van der Waals surface area (Å²) in [5.74, 6) is 1.24. The second kappa shape index (κ2) is 5.64. The fourth-order valence-electron chi connectivity index (χ4n) is 3.93. The number of H-pyrrole nitrogens is 1. The summed E-state index contributed by atoms with van der Waals surface area (Å²) >= 11 is 0. The van der Waals surface area contributed by atoms with Gasteiger partial charge in [-0.3, -0.25) is 14.8 Å². The van der Waals surface area contributed by atoms with E-state index in [1.165, 1.54) is 12.0 Å². The van der Waals surface area contributed by atoms with E-state index in [0.29, 0.717) is 22.5 Å². The number of methoxy groups -OCH3 is 1. The number of hydrogen-bond donors (Lipinski definition) is 2. The second-order valence-electron chi connectivity index (χ2n) is 6.22. The highest BCUT2D eigenvalue weighted by atomic mass is 16.5. The Hall–Kier alpha value is -3.73. The first-order valence-electron chi connectivity index (χ1n) is 8.15. The van der Waals surface area contributed by atoms with Crippen molar-refractivity contribution in [2.75, 3.05) is 18.6 Å². The van der Waals surface area contributed by atoms with Gasteiger partial charge in [0.15, 0.2) is 0 Å². The van der Waals surface area contributed by atoms with Gasteiger partial charge in [-0.1, -0.05) is 24.1 Å². The van der Waals surface area contributed by atoms with Crippen LogP contribution < -0.4 is 15.4 Å². The number of rotatable bonds is 2. The van der Waals surface area contributed by atoms with Gasteiger partial charge in [0.25, 0.3) is 0 Å². The number of aryl methyl sites for hydroxylation is 1. The van der Waals surface area contributed by atoms with E-state index in [1.807, 2.05) is 0 Å². The molecule has 1 amide bonds. The van der Waals surface area contributed by atoms with Crippen molar-refractivity contribution < 1.29 is 19.1 Å². The molecule has 0 saturated heterocycles. The molecule has 0 fully saturated rings. The fourth-order valence-corrected chi connectivity index (χ4v) is 3.93. The maximum absolute atomic E-state index is 13.8. The molecule has 0 radical (unpaired) electrons. The molecule has 0 saturated carbocycles. The first kappa shape index (κ1) is 16.7. The van der Waals surface area contributed by atoms with Gasteiger partial charge in [-0.15, -0.1) is 11.5 Å². The third-order valence-electron chi connectivity index (χ3n) is 4.92. The number of nitrogens with one attached hydrogen (secondary N) is 1. The largest absolute Gasteiger partial charge is 0.465 e. The highest BCUT2D eigenvalue weighted by Crippen LogP contribution is 2.55. The quantitative estimate of drug-likeness (QED) is 0.600. The molecule has 1 aromatic carbocycles. The van der Waals surface area contributed by atoms with Crippen molar-refractivity contribution in [3.8, 4) is 18.2 Å². The Labute approximate surface area is 154 Å². The third-order valence-corrected chi connectivity index (χ3v) is 4.92. The number of anilines is 1. The number of fused-ring (bicyclic) bond motifs is 4. The molecule has 136 valence electrons. The lowest BCUT2D eigenvalue weighted by Crippen LogP contribution is -2.48. The van der Waals surface area contributed by atoms with E-state index in [4.69, 9.17) is 21.6 Å². The van der Waals surface area contributed by atoms with Gasteiger partial charge >= 0.3 is 5.97 Å². The van der Waals surface area contributed by atoms with Crippen LogP contribution in [0, 0.1) is 19.3 Å². The molecule has 3 heterocycles. The standard InChI is InChI=1S/C19H16N4O4/c1-4-9-23-12-8-6-5-7-11(12)19(18(23)25)13-10(2)21-22-16(13)27-15(20)14(19)17(24)26-3/h1,5-8H,9,20H2,2-3H3,(H,21,22). The van der Waals surface area contributed by atoms with E-state index in [2.05, 4.69) is 16.1 Å². The van der Waals surface area contributed by atoms with Crippen molar-refractivity contribution in [1.29, 1.82) is 0 Å². The SMILES string of the molecule is C#CCN1C(=O)C2(C(C(=O)OC)=C(N)Oc3n[nH]c(C)c32)c2ccccc21. The molecular formula is C19H16N4O4. The van der Waals surface area contributed by atoms with Crippen LogP contribution in [0.2, 0.25) is 0 Å². The van der Waals surface area contributed by atoms with Crippen molar-refractivity contribution >= 4 is 17.6 Å². The van der Waals surface area contributed by atoms with Gasteiger partial charge in [0.1, 0.15) is 11.0 Å². The molecular weight excluding hydrogens is 348 g/mol. The summed E-state index contributed by atoms with van der Waals surface area (Å²) in [4.78, 5) is 27.9. The molecule has 0 aliphatic carbocycles. The number of para-hydroxylation sites is 1. The molecule has 27 heavy (non-hydrogen) atoms. The van der Waals surface area contributed by atoms with E-state index in [1.54, 1.807) is 31.2 Å². The second-order valence-corrected chi connectivity index (χ2v) is 6.22. The first-order chi connectivity index (χ1) is 13.0. The number of esters is 1. The minimum atomic E-state index is -1.55. The Morgan fingerprint density at radius 1 is 1.48 bits per heavy atom.